The van der Waals surface area contributed by atoms with Gasteiger partial charge < -0.3 is 4.74 Å². The number of ether oxygens (including phenoxy) is 1. The zero-order valence-corrected chi connectivity index (χ0v) is 21.8. The number of aryl methyl sites for hydroxylation is 1. The van der Waals surface area contributed by atoms with Crippen LogP contribution in [0.25, 0.3) is 0 Å². The van der Waals surface area contributed by atoms with Gasteiger partial charge in [0.15, 0.2) is 5.69 Å². The summed E-state index contributed by atoms with van der Waals surface area (Å²) in [6.45, 7) is 9.14. The predicted octanol–water partition coefficient (Wildman–Crippen LogP) is 6.11. The van der Waals surface area contributed by atoms with E-state index in [1.807, 2.05) is 17.7 Å². The van der Waals surface area contributed by atoms with E-state index in [2.05, 4.69) is 65.5 Å². The van der Waals surface area contributed by atoms with Crippen molar-refractivity contribution >= 4 is 5.97 Å². The molecule has 0 aliphatic carbocycles. The molecule has 0 atom stereocenters. The minimum Gasteiger partial charge on any atom is -0.461 e. The summed E-state index contributed by atoms with van der Waals surface area (Å²) in [5, 5.41) is 4.68. The zero-order valence-electron chi connectivity index (χ0n) is 21.8. The number of esters is 1. The van der Waals surface area contributed by atoms with Crippen LogP contribution in [-0.4, -0.2) is 33.8 Å². The predicted molar refractivity (Wildman–Crippen MR) is 144 cm³/mol. The first-order chi connectivity index (χ1) is 17.9. The van der Waals surface area contributed by atoms with Gasteiger partial charge in [0.25, 0.3) is 0 Å². The van der Waals surface area contributed by atoms with Crippen molar-refractivity contribution < 1.29 is 13.9 Å². The van der Waals surface area contributed by atoms with Crippen LogP contribution in [-0.2, 0) is 30.8 Å². The van der Waals surface area contributed by atoms with Gasteiger partial charge in [0.2, 0.25) is 0 Å². The molecule has 0 aliphatic rings. The Labute approximate surface area is 218 Å². The average molecular weight is 500 g/mol. The lowest BCUT2D eigenvalue weighted by atomic mass is 10.0. The van der Waals surface area contributed by atoms with E-state index in [-0.39, 0.29) is 12.4 Å². The molecule has 5 nitrogen and oxygen atoms in total. The van der Waals surface area contributed by atoms with Crippen molar-refractivity contribution in [2.75, 3.05) is 13.2 Å². The van der Waals surface area contributed by atoms with Gasteiger partial charge in [0.05, 0.1) is 13.2 Å². The quantitative estimate of drug-likeness (QED) is 0.234. The van der Waals surface area contributed by atoms with Crippen LogP contribution >= 0.6 is 0 Å². The van der Waals surface area contributed by atoms with Crippen molar-refractivity contribution in [3.05, 3.63) is 124 Å². The Balaban J connectivity index is 1.57. The number of rotatable bonds is 11. The Kier molecular flexibility index (Phi) is 8.86. The van der Waals surface area contributed by atoms with E-state index in [0.29, 0.717) is 18.7 Å². The number of aromatic nitrogens is 2. The highest BCUT2D eigenvalue weighted by atomic mass is 19.1. The highest BCUT2D eigenvalue weighted by Gasteiger charge is 2.22. The van der Waals surface area contributed by atoms with E-state index in [1.165, 1.54) is 28.8 Å². The molecular formula is C31H34FN3O2. The average Bonchev–Trinajstić information content (AvgIpc) is 3.21. The largest absolute Gasteiger partial charge is 0.461 e. The van der Waals surface area contributed by atoms with E-state index in [1.54, 1.807) is 19.1 Å². The summed E-state index contributed by atoms with van der Waals surface area (Å²) in [6.07, 6.45) is 0.483. The molecule has 1 aromatic heterocycles. The van der Waals surface area contributed by atoms with E-state index in [0.717, 1.165) is 36.5 Å². The van der Waals surface area contributed by atoms with E-state index >= 15 is 0 Å². The van der Waals surface area contributed by atoms with Crippen molar-refractivity contribution in [3.8, 4) is 0 Å². The van der Waals surface area contributed by atoms with Gasteiger partial charge in [-0.3, -0.25) is 9.58 Å². The molecule has 4 rings (SSSR count). The Morgan fingerprint density at radius 1 is 0.892 bits per heavy atom. The monoisotopic (exact) mass is 499 g/mol. The second-order valence-corrected chi connectivity index (χ2v) is 9.34. The number of benzene rings is 3. The molecule has 0 bridgehead atoms. The van der Waals surface area contributed by atoms with Crippen LogP contribution in [0.2, 0.25) is 0 Å². The highest BCUT2D eigenvalue weighted by Crippen LogP contribution is 2.21. The molecule has 192 valence electrons. The van der Waals surface area contributed by atoms with Gasteiger partial charge in [0.1, 0.15) is 5.82 Å². The SMILES string of the molecule is CCOC(=O)c1nn(CCN(Cc2ccccc2)Cc2ccc(C)cc2)c(C)c1Cc1ccc(F)cc1. The first-order valence-corrected chi connectivity index (χ1v) is 12.7. The van der Waals surface area contributed by atoms with Crippen molar-refractivity contribution in [3.63, 3.8) is 0 Å². The zero-order chi connectivity index (χ0) is 26.2. The highest BCUT2D eigenvalue weighted by molar-refractivity contribution is 5.89. The maximum atomic E-state index is 13.4. The first kappa shape index (κ1) is 26.3. The summed E-state index contributed by atoms with van der Waals surface area (Å²) in [7, 11) is 0. The number of carbonyl (C=O) groups is 1. The second-order valence-electron chi connectivity index (χ2n) is 9.34. The standard InChI is InChI=1S/C31H34FN3O2/c1-4-37-31(36)30-29(20-25-14-16-28(32)17-15-25)24(3)35(33-30)19-18-34(21-26-8-6-5-7-9-26)22-27-12-10-23(2)11-13-27/h5-17H,4,18-22H2,1-3H3. The lowest BCUT2D eigenvalue weighted by Gasteiger charge is -2.23. The molecule has 1 heterocycles. The third-order valence-electron chi connectivity index (χ3n) is 6.50. The Morgan fingerprint density at radius 2 is 1.51 bits per heavy atom. The lowest BCUT2D eigenvalue weighted by Crippen LogP contribution is -2.27. The molecule has 0 N–H and O–H groups in total. The number of halogens is 1. The summed E-state index contributed by atoms with van der Waals surface area (Å²) in [4.78, 5) is 15.1. The van der Waals surface area contributed by atoms with Crippen molar-refractivity contribution in [2.45, 2.75) is 46.8 Å². The second kappa shape index (κ2) is 12.5. The molecule has 3 aromatic carbocycles. The topological polar surface area (TPSA) is 47.4 Å². The van der Waals surface area contributed by atoms with Gasteiger partial charge in [-0.1, -0.05) is 72.3 Å². The van der Waals surface area contributed by atoms with Crippen LogP contribution in [0.1, 0.15) is 50.9 Å². The van der Waals surface area contributed by atoms with Gasteiger partial charge in [-0.05, 0) is 49.6 Å². The minimum absolute atomic E-state index is 0.280. The van der Waals surface area contributed by atoms with E-state index < -0.39 is 5.97 Å². The van der Waals surface area contributed by atoms with Gasteiger partial charge in [0, 0.05) is 37.3 Å². The molecule has 0 amide bonds. The normalized spacial score (nSPS) is 11.2. The number of hydrogen-bond acceptors (Lipinski definition) is 4. The molecule has 0 unspecified atom stereocenters. The van der Waals surface area contributed by atoms with Crippen LogP contribution in [0.5, 0.6) is 0 Å². The maximum absolute atomic E-state index is 13.4. The maximum Gasteiger partial charge on any atom is 0.359 e. The molecule has 0 saturated heterocycles. The van der Waals surface area contributed by atoms with Crippen LogP contribution < -0.4 is 0 Å². The van der Waals surface area contributed by atoms with Crippen LogP contribution in [0.3, 0.4) is 0 Å². The molecule has 0 spiro atoms. The summed E-state index contributed by atoms with van der Waals surface area (Å²) < 4.78 is 20.6. The van der Waals surface area contributed by atoms with Crippen LogP contribution in [0.4, 0.5) is 4.39 Å². The third-order valence-corrected chi connectivity index (χ3v) is 6.50. The fraction of sp³-hybridized carbons (Fsp3) is 0.290. The van der Waals surface area contributed by atoms with Crippen LogP contribution in [0.15, 0.2) is 78.9 Å². The van der Waals surface area contributed by atoms with E-state index in [4.69, 9.17) is 4.74 Å². The van der Waals surface area contributed by atoms with Gasteiger partial charge in [-0.25, -0.2) is 9.18 Å². The smallest absolute Gasteiger partial charge is 0.359 e. The van der Waals surface area contributed by atoms with Gasteiger partial charge >= 0.3 is 5.97 Å². The Bertz CT molecular complexity index is 1300. The molecule has 37 heavy (non-hydrogen) atoms. The fourth-order valence-electron chi connectivity index (χ4n) is 4.43. The van der Waals surface area contributed by atoms with Crippen molar-refractivity contribution in [1.82, 2.24) is 14.7 Å². The summed E-state index contributed by atoms with van der Waals surface area (Å²) >= 11 is 0. The van der Waals surface area contributed by atoms with Crippen molar-refractivity contribution in [2.24, 2.45) is 0 Å². The number of nitrogens with zero attached hydrogens (tertiary/aromatic N) is 3. The fourth-order valence-corrected chi connectivity index (χ4v) is 4.43. The molecule has 0 saturated carbocycles. The lowest BCUT2D eigenvalue weighted by molar-refractivity contribution is 0.0517. The summed E-state index contributed by atoms with van der Waals surface area (Å²) in [5.41, 5.74) is 6.72. The Morgan fingerprint density at radius 3 is 2.16 bits per heavy atom. The van der Waals surface area contributed by atoms with Crippen LogP contribution in [0, 0.1) is 19.7 Å². The molecule has 4 aromatic rings. The van der Waals surface area contributed by atoms with Gasteiger partial charge in [-0.15, -0.1) is 0 Å². The summed E-state index contributed by atoms with van der Waals surface area (Å²) in [5.74, 6) is -0.712. The van der Waals surface area contributed by atoms with Gasteiger partial charge in [-0.2, -0.15) is 5.10 Å². The minimum atomic E-state index is -0.428. The molecule has 6 heteroatoms. The molecular weight excluding hydrogens is 465 g/mol. The van der Waals surface area contributed by atoms with Crippen molar-refractivity contribution in [1.29, 1.82) is 0 Å². The number of carbonyl (C=O) groups excluding carboxylic acids is 1. The molecule has 0 fully saturated rings. The first-order valence-electron chi connectivity index (χ1n) is 12.7. The molecule has 0 aliphatic heterocycles. The van der Waals surface area contributed by atoms with E-state index in [9.17, 15) is 9.18 Å². The summed E-state index contributed by atoms with van der Waals surface area (Å²) in [6, 6.07) is 25.4. The Hall–Kier alpha value is -3.77. The number of hydrogen-bond donors (Lipinski definition) is 0. The third kappa shape index (κ3) is 7.14. The molecule has 0 radical (unpaired) electrons.